The number of halogens is 1. The largest absolute Gasteiger partial charge is 0.494 e. The predicted molar refractivity (Wildman–Crippen MR) is 120 cm³/mol. The molecule has 4 aromatic rings. The van der Waals surface area contributed by atoms with Crippen molar-refractivity contribution in [3.8, 4) is 22.8 Å². The van der Waals surface area contributed by atoms with Crippen molar-refractivity contribution in [2.45, 2.75) is 6.92 Å². The van der Waals surface area contributed by atoms with Gasteiger partial charge in [-0.15, -0.1) is 5.10 Å². The maximum Gasteiger partial charge on any atom is 0.295 e. The zero-order chi connectivity index (χ0) is 20.9. The van der Waals surface area contributed by atoms with E-state index < -0.39 is 0 Å². The molecule has 0 bridgehead atoms. The maximum absolute atomic E-state index is 12.8. The summed E-state index contributed by atoms with van der Waals surface area (Å²) < 4.78 is 8.12. The molecule has 0 unspecified atom stereocenters. The van der Waals surface area contributed by atoms with Crippen molar-refractivity contribution in [1.82, 2.24) is 14.8 Å². The van der Waals surface area contributed by atoms with Crippen molar-refractivity contribution in [2.75, 3.05) is 11.9 Å². The van der Waals surface area contributed by atoms with Gasteiger partial charge < -0.3 is 10.1 Å². The van der Waals surface area contributed by atoms with Crippen LogP contribution < -0.4 is 10.1 Å². The second-order valence-electron chi connectivity index (χ2n) is 6.42. The lowest BCUT2D eigenvalue weighted by molar-refractivity contribution is 0.101. The van der Waals surface area contributed by atoms with Crippen LogP contribution in [0.15, 0.2) is 83.3 Å². The van der Waals surface area contributed by atoms with Crippen molar-refractivity contribution >= 4 is 27.5 Å². The SMILES string of the molecule is CCOc1ccc(-n2nc(C(=O)Nc3ccc(Br)cc3)nc2-c2ccccc2)cc1. The highest BCUT2D eigenvalue weighted by molar-refractivity contribution is 9.10. The van der Waals surface area contributed by atoms with Crippen molar-refractivity contribution < 1.29 is 9.53 Å². The number of rotatable bonds is 6. The summed E-state index contributed by atoms with van der Waals surface area (Å²) in [5.74, 6) is 1.07. The van der Waals surface area contributed by atoms with Gasteiger partial charge in [-0.25, -0.2) is 9.67 Å². The van der Waals surface area contributed by atoms with Gasteiger partial charge in [-0.2, -0.15) is 0 Å². The first kappa shape index (κ1) is 19.8. The Balaban J connectivity index is 1.70. The molecule has 30 heavy (non-hydrogen) atoms. The van der Waals surface area contributed by atoms with Crippen LogP contribution in [0.3, 0.4) is 0 Å². The molecular formula is C23H19BrN4O2. The number of carbonyl (C=O) groups excluding carboxylic acids is 1. The second kappa shape index (κ2) is 8.92. The van der Waals surface area contributed by atoms with Crippen LogP contribution in [0, 0.1) is 0 Å². The first-order valence-electron chi connectivity index (χ1n) is 9.46. The summed E-state index contributed by atoms with van der Waals surface area (Å²) in [6.45, 7) is 2.54. The normalized spacial score (nSPS) is 10.6. The molecule has 0 aliphatic rings. The molecule has 0 atom stereocenters. The van der Waals surface area contributed by atoms with E-state index >= 15 is 0 Å². The number of hydrogen-bond donors (Lipinski definition) is 1. The van der Waals surface area contributed by atoms with Gasteiger partial charge in [0.05, 0.1) is 12.3 Å². The zero-order valence-electron chi connectivity index (χ0n) is 16.2. The maximum atomic E-state index is 12.8. The van der Waals surface area contributed by atoms with Crippen LogP contribution in [0.4, 0.5) is 5.69 Å². The van der Waals surface area contributed by atoms with Gasteiger partial charge in [-0.3, -0.25) is 4.79 Å². The molecule has 0 spiro atoms. The summed E-state index contributed by atoms with van der Waals surface area (Å²) in [6, 6.07) is 24.5. The first-order chi connectivity index (χ1) is 14.6. The molecule has 0 fully saturated rings. The molecule has 0 aliphatic carbocycles. The molecule has 0 radical (unpaired) electrons. The number of nitrogens with zero attached hydrogens (tertiary/aromatic N) is 3. The zero-order valence-corrected chi connectivity index (χ0v) is 17.8. The van der Waals surface area contributed by atoms with Crippen LogP contribution in [0.2, 0.25) is 0 Å². The van der Waals surface area contributed by atoms with E-state index in [-0.39, 0.29) is 11.7 Å². The van der Waals surface area contributed by atoms with Crippen molar-refractivity contribution in [2.24, 2.45) is 0 Å². The lowest BCUT2D eigenvalue weighted by Crippen LogP contribution is -2.14. The summed E-state index contributed by atoms with van der Waals surface area (Å²) in [6.07, 6.45) is 0. The number of aromatic nitrogens is 3. The molecule has 0 aliphatic heterocycles. The van der Waals surface area contributed by atoms with Gasteiger partial charge in [0, 0.05) is 15.7 Å². The molecule has 150 valence electrons. The van der Waals surface area contributed by atoms with Gasteiger partial charge >= 0.3 is 0 Å². The number of carbonyl (C=O) groups is 1. The minimum Gasteiger partial charge on any atom is -0.494 e. The van der Waals surface area contributed by atoms with Gasteiger partial charge in [0.1, 0.15) is 5.75 Å². The van der Waals surface area contributed by atoms with Gasteiger partial charge in [0.25, 0.3) is 5.91 Å². The Bertz CT molecular complexity index is 1140. The summed E-state index contributed by atoms with van der Waals surface area (Å²) in [4.78, 5) is 17.3. The fraction of sp³-hybridized carbons (Fsp3) is 0.0870. The highest BCUT2D eigenvalue weighted by atomic mass is 79.9. The third kappa shape index (κ3) is 4.41. The van der Waals surface area contributed by atoms with E-state index in [4.69, 9.17) is 4.74 Å². The lowest BCUT2D eigenvalue weighted by atomic mass is 10.2. The number of hydrogen-bond acceptors (Lipinski definition) is 4. The topological polar surface area (TPSA) is 69.0 Å². The van der Waals surface area contributed by atoms with E-state index in [1.54, 1.807) is 4.68 Å². The Morgan fingerprint density at radius 1 is 1.00 bits per heavy atom. The second-order valence-corrected chi connectivity index (χ2v) is 7.34. The molecule has 1 heterocycles. The molecule has 4 rings (SSSR count). The van der Waals surface area contributed by atoms with E-state index in [9.17, 15) is 4.79 Å². The summed E-state index contributed by atoms with van der Waals surface area (Å²) >= 11 is 3.39. The molecule has 3 aromatic carbocycles. The smallest absolute Gasteiger partial charge is 0.295 e. The highest BCUT2D eigenvalue weighted by Crippen LogP contribution is 2.23. The lowest BCUT2D eigenvalue weighted by Gasteiger charge is -2.07. The van der Waals surface area contributed by atoms with Gasteiger partial charge in [0.2, 0.25) is 5.82 Å². The van der Waals surface area contributed by atoms with Crippen molar-refractivity contribution in [1.29, 1.82) is 0 Å². The number of benzene rings is 3. The van der Waals surface area contributed by atoms with Crippen LogP contribution in [-0.2, 0) is 0 Å². The number of anilines is 1. The van der Waals surface area contributed by atoms with E-state index in [1.165, 1.54) is 0 Å². The Kier molecular flexibility index (Phi) is 5.90. The van der Waals surface area contributed by atoms with Crippen LogP contribution in [0.25, 0.3) is 17.1 Å². The summed E-state index contributed by atoms with van der Waals surface area (Å²) in [5.41, 5.74) is 2.32. The molecule has 1 N–H and O–H groups in total. The van der Waals surface area contributed by atoms with E-state index in [0.717, 1.165) is 21.5 Å². The average Bonchev–Trinajstić information content (AvgIpc) is 3.22. The van der Waals surface area contributed by atoms with Crippen LogP contribution in [0.1, 0.15) is 17.5 Å². The Labute approximate surface area is 182 Å². The van der Waals surface area contributed by atoms with Gasteiger partial charge in [-0.05, 0) is 55.5 Å². The molecule has 0 saturated carbocycles. The van der Waals surface area contributed by atoms with Crippen LogP contribution in [0.5, 0.6) is 5.75 Å². The fourth-order valence-corrected chi connectivity index (χ4v) is 3.20. The first-order valence-corrected chi connectivity index (χ1v) is 10.3. The number of nitrogens with one attached hydrogen (secondary N) is 1. The van der Waals surface area contributed by atoms with Gasteiger partial charge in [-0.1, -0.05) is 46.3 Å². The molecule has 1 amide bonds. The predicted octanol–water partition coefficient (Wildman–Crippen LogP) is 5.35. The number of amides is 1. The van der Waals surface area contributed by atoms with E-state index in [2.05, 4.69) is 31.3 Å². The summed E-state index contributed by atoms with van der Waals surface area (Å²) in [7, 11) is 0. The van der Waals surface area contributed by atoms with Crippen molar-refractivity contribution in [3.05, 3.63) is 89.2 Å². The minimum absolute atomic E-state index is 0.0886. The Morgan fingerprint density at radius 2 is 1.70 bits per heavy atom. The molecule has 0 saturated heterocycles. The van der Waals surface area contributed by atoms with Gasteiger partial charge in [0.15, 0.2) is 5.82 Å². The fourth-order valence-electron chi connectivity index (χ4n) is 2.93. The molecule has 6 nitrogen and oxygen atoms in total. The van der Waals surface area contributed by atoms with Crippen LogP contribution >= 0.6 is 15.9 Å². The standard InChI is InChI=1S/C23H19BrN4O2/c1-2-30-20-14-12-19(13-15-20)28-22(16-6-4-3-5-7-16)26-21(27-28)23(29)25-18-10-8-17(24)9-11-18/h3-15H,2H2,1H3,(H,25,29). The minimum atomic E-state index is -0.376. The molecular weight excluding hydrogens is 444 g/mol. The Morgan fingerprint density at radius 3 is 2.37 bits per heavy atom. The van der Waals surface area contributed by atoms with E-state index in [0.29, 0.717) is 18.1 Å². The molecule has 1 aromatic heterocycles. The monoisotopic (exact) mass is 462 g/mol. The molecule has 7 heteroatoms. The Hall–Kier alpha value is -3.45. The third-order valence-corrected chi connectivity index (χ3v) is 4.87. The number of ether oxygens (including phenoxy) is 1. The van der Waals surface area contributed by atoms with E-state index in [1.807, 2.05) is 85.8 Å². The summed E-state index contributed by atoms with van der Waals surface area (Å²) in [5, 5.41) is 7.33. The highest BCUT2D eigenvalue weighted by Gasteiger charge is 2.19. The quantitative estimate of drug-likeness (QED) is 0.419. The average molecular weight is 463 g/mol. The van der Waals surface area contributed by atoms with Crippen LogP contribution in [-0.4, -0.2) is 27.3 Å². The third-order valence-electron chi connectivity index (χ3n) is 4.34. The van der Waals surface area contributed by atoms with Crippen molar-refractivity contribution in [3.63, 3.8) is 0 Å².